The summed E-state index contributed by atoms with van der Waals surface area (Å²) in [6.45, 7) is 2.19. The van der Waals surface area contributed by atoms with Gasteiger partial charge in [0.15, 0.2) is 5.16 Å². The molecule has 27 heavy (non-hydrogen) atoms. The van der Waals surface area contributed by atoms with Crippen LogP contribution in [-0.2, 0) is 4.79 Å². The Morgan fingerprint density at radius 3 is 2.56 bits per heavy atom. The van der Waals surface area contributed by atoms with Crippen molar-refractivity contribution in [2.24, 2.45) is 0 Å². The smallest absolute Gasteiger partial charge is 0.234 e. The zero-order valence-corrected chi connectivity index (χ0v) is 15.8. The Balaban J connectivity index is 1.52. The van der Waals surface area contributed by atoms with Crippen LogP contribution in [0.4, 0.5) is 17.2 Å². The Labute approximate surface area is 163 Å². The topological polar surface area (TPSA) is 108 Å². The number of aromatic nitrogens is 2. The van der Waals surface area contributed by atoms with Gasteiger partial charge in [0, 0.05) is 24.5 Å². The minimum Gasteiger partial charge on any atom is -0.382 e. The molecule has 0 atom stereocenters. The molecule has 0 radical (unpaired) electrons. The number of nitrogens with one attached hydrogen (secondary N) is 1. The molecule has 0 unspecified atom stereocenters. The number of carbonyl (C=O) groups excluding carboxylic acids is 1. The lowest BCUT2D eigenvalue weighted by Gasteiger charge is -2.22. The average Bonchev–Trinajstić information content (AvgIpc) is 2.97. The van der Waals surface area contributed by atoms with Crippen molar-refractivity contribution in [2.75, 3.05) is 34.8 Å². The Morgan fingerprint density at radius 1 is 1.22 bits per heavy atom. The number of hydrogen-bond acceptors (Lipinski definition) is 7. The fourth-order valence-electron chi connectivity index (χ4n) is 2.95. The zero-order valence-electron chi connectivity index (χ0n) is 15.0. The molecule has 140 valence electrons. The normalized spacial score (nSPS) is 14.3. The number of nitriles is 1. The van der Waals surface area contributed by atoms with Crippen LogP contribution in [0.5, 0.6) is 0 Å². The summed E-state index contributed by atoms with van der Waals surface area (Å²) in [6.07, 6.45) is 6.44. The highest BCUT2D eigenvalue weighted by molar-refractivity contribution is 7.99. The van der Waals surface area contributed by atoms with Gasteiger partial charge in [-0.1, -0.05) is 24.6 Å². The van der Waals surface area contributed by atoms with E-state index in [0.717, 1.165) is 18.8 Å². The lowest BCUT2D eigenvalue weighted by atomic mass is 10.2. The van der Waals surface area contributed by atoms with E-state index in [-0.39, 0.29) is 23.0 Å². The summed E-state index contributed by atoms with van der Waals surface area (Å²) >= 11 is 1.18. The molecule has 0 aliphatic carbocycles. The van der Waals surface area contributed by atoms with Crippen LogP contribution in [0.15, 0.2) is 35.6 Å². The van der Waals surface area contributed by atoms with Crippen LogP contribution in [-0.4, -0.2) is 34.7 Å². The molecule has 1 fully saturated rings. The average molecular weight is 382 g/mol. The summed E-state index contributed by atoms with van der Waals surface area (Å²) in [6, 6.07) is 9.88. The first-order valence-corrected chi connectivity index (χ1v) is 9.94. The highest BCUT2D eigenvalue weighted by Crippen LogP contribution is 2.22. The highest BCUT2D eigenvalue weighted by Gasteiger charge is 2.11. The van der Waals surface area contributed by atoms with Crippen LogP contribution in [0.1, 0.15) is 31.2 Å². The number of carbonyl (C=O) groups is 1. The van der Waals surface area contributed by atoms with Gasteiger partial charge in [0.2, 0.25) is 5.91 Å². The van der Waals surface area contributed by atoms with Gasteiger partial charge in [-0.15, -0.1) is 0 Å². The molecule has 1 aromatic carbocycles. The number of benzene rings is 1. The van der Waals surface area contributed by atoms with E-state index in [1.807, 2.05) is 18.2 Å². The number of nitrogens with two attached hydrogens (primary N) is 1. The molecule has 1 aliphatic heterocycles. The summed E-state index contributed by atoms with van der Waals surface area (Å²) in [5.41, 5.74) is 7.85. The molecule has 0 spiro atoms. The molecule has 1 amide bonds. The third-order valence-corrected chi connectivity index (χ3v) is 5.23. The third-order valence-electron chi connectivity index (χ3n) is 4.37. The molecule has 3 rings (SSSR count). The number of thioether (sulfide) groups is 1. The largest absolute Gasteiger partial charge is 0.382 e. The predicted octanol–water partition coefficient (Wildman–Crippen LogP) is 3.04. The molecular formula is C19H22N6OS. The van der Waals surface area contributed by atoms with Crippen molar-refractivity contribution in [1.82, 2.24) is 9.97 Å². The summed E-state index contributed by atoms with van der Waals surface area (Å²) in [4.78, 5) is 22.6. The SMILES string of the molecule is N#Cc1cnc(SCC(=O)Nc2ccc(N3CCCCCC3)cc2)nc1N. The first-order chi connectivity index (χ1) is 13.2. The summed E-state index contributed by atoms with van der Waals surface area (Å²) in [5, 5.41) is 12.1. The molecule has 2 heterocycles. The van der Waals surface area contributed by atoms with Gasteiger partial charge in [-0.3, -0.25) is 4.79 Å². The maximum Gasteiger partial charge on any atom is 0.234 e. The van der Waals surface area contributed by atoms with E-state index in [2.05, 4.69) is 32.3 Å². The molecule has 1 aliphatic rings. The van der Waals surface area contributed by atoms with Crippen molar-refractivity contribution in [3.05, 3.63) is 36.0 Å². The van der Waals surface area contributed by atoms with Crippen LogP contribution in [0.3, 0.4) is 0 Å². The number of nitrogens with zero attached hydrogens (tertiary/aromatic N) is 4. The predicted molar refractivity (Wildman–Crippen MR) is 108 cm³/mol. The van der Waals surface area contributed by atoms with Crippen molar-refractivity contribution in [3.63, 3.8) is 0 Å². The van der Waals surface area contributed by atoms with Crippen molar-refractivity contribution < 1.29 is 4.79 Å². The van der Waals surface area contributed by atoms with Crippen molar-refractivity contribution >= 4 is 34.9 Å². The number of rotatable bonds is 5. The summed E-state index contributed by atoms with van der Waals surface area (Å²) in [7, 11) is 0. The molecule has 1 aromatic heterocycles. The number of hydrogen-bond donors (Lipinski definition) is 2. The molecule has 7 nitrogen and oxygen atoms in total. The minimum absolute atomic E-state index is 0.125. The highest BCUT2D eigenvalue weighted by atomic mass is 32.2. The Kier molecular flexibility index (Phi) is 6.49. The fraction of sp³-hybridized carbons (Fsp3) is 0.368. The first-order valence-electron chi connectivity index (χ1n) is 8.96. The zero-order chi connectivity index (χ0) is 19.1. The van der Waals surface area contributed by atoms with Crippen molar-refractivity contribution in [1.29, 1.82) is 5.26 Å². The van der Waals surface area contributed by atoms with Gasteiger partial charge < -0.3 is 16.0 Å². The monoisotopic (exact) mass is 382 g/mol. The second kappa shape index (κ2) is 9.24. The van der Waals surface area contributed by atoms with Crippen LogP contribution < -0.4 is 16.0 Å². The summed E-state index contributed by atoms with van der Waals surface area (Å²) in [5.74, 6) is 0.146. The van der Waals surface area contributed by atoms with Crippen LogP contribution in [0, 0.1) is 11.3 Å². The standard InChI is InChI=1S/C19H22N6OS/c20-11-14-12-22-19(24-18(14)21)27-13-17(26)23-15-5-7-16(8-6-15)25-9-3-1-2-4-10-25/h5-8,12H,1-4,9-10,13H2,(H,23,26)(H2,21,22,24). The quantitative estimate of drug-likeness (QED) is 0.604. The number of nitrogen functional groups attached to an aromatic ring is 1. The van der Waals surface area contributed by atoms with Gasteiger partial charge in [0.25, 0.3) is 0 Å². The molecular weight excluding hydrogens is 360 g/mol. The molecule has 1 saturated heterocycles. The van der Waals surface area contributed by atoms with E-state index in [1.54, 1.807) is 0 Å². The molecule has 2 aromatic rings. The second-order valence-electron chi connectivity index (χ2n) is 6.35. The lowest BCUT2D eigenvalue weighted by Crippen LogP contribution is -2.23. The van der Waals surface area contributed by atoms with Gasteiger partial charge in [-0.25, -0.2) is 9.97 Å². The van der Waals surface area contributed by atoms with Gasteiger partial charge in [-0.05, 0) is 37.1 Å². The van der Waals surface area contributed by atoms with Crippen molar-refractivity contribution in [2.45, 2.75) is 30.8 Å². The number of amides is 1. The van der Waals surface area contributed by atoms with E-state index in [0.29, 0.717) is 5.16 Å². The molecule has 3 N–H and O–H groups in total. The van der Waals surface area contributed by atoms with Gasteiger partial charge in [0.1, 0.15) is 17.5 Å². The van der Waals surface area contributed by atoms with Crippen LogP contribution in [0.2, 0.25) is 0 Å². The van der Waals surface area contributed by atoms with Crippen molar-refractivity contribution in [3.8, 4) is 6.07 Å². The van der Waals surface area contributed by atoms with E-state index in [9.17, 15) is 4.79 Å². The lowest BCUT2D eigenvalue weighted by molar-refractivity contribution is -0.113. The fourth-order valence-corrected chi connectivity index (χ4v) is 3.57. The minimum atomic E-state index is -0.144. The van der Waals surface area contributed by atoms with Crippen LogP contribution >= 0.6 is 11.8 Å². The Hall–Kier alpha value is -2.79. The van der Waals surface area contributed by atoms with Gasteiger partial charge in [0.05, 0.1) is 11.9 Å². The van der Waals surface area contributed by atoms with E-state index < -0.39 is 0 Å². The van der Waals surface area contributed by atoms with Crippen LogP contribution in [0.25, 0.3) is 0 Å². The third kappa shape index (κ3) is 5.34. The first kappa shape index (κ1) is 19.0. The molecule has 0 saturated carbocycles. The number of anilines is 3. The van der Waals surface area contributed by atoms with E-state index >= 15 is 0 Å². The Morgan fingerprint density at radius 2 is 1.93 bits per heavy atom. The molecule has 8 heteroatoms. The Bertz CT molecular complexity index is 825. The molecule has 0 bridgehead atoms. The van der Waals surface area contributed by atoms with E-state index in [4.69, 9.17) is 11.0 Å². The maximum atomic E-state index is 12.1. The maximum absolute atomic E-state index is 12.1. The van der Waals surface area contributed by atoms with Gasteiger partial charge >= 0.3 is 0 Å². The van der Waals surface area contributed by atoms with Gasteiger partial charge in [-0.2, -0.15) is 5.26 Å². The summed E-state index contributed by atoms with van der Waals surface area (Å²) < 4.78 is 0. The van der Waals surface area contributed by atoms with E-state index in [1.165, 1.54) is 49.3 Å². The second-order valence-corrected chi connectivity index (χ2v) is 7.29.